The van der Waals surface area contributed by atoms with E-state index in [1.54, 1.807) is 0 Å². The maximum atomic E-state index is 12.0. The van der Waals surface area contributed by atoms with Crippen LogP contribution in [0.2, 0.25) is 0 Å². The van der Waals surface area contributed by atoms with Gasteiger partial charge in [-0.2, -0.15) is 0 Å². The molecule has 0 aromatic heterocycles. The van der Waals surface area contributed by atoms with Crippen molar-refractivity contribution in [2.75, 3.05) is 13.7 Å². The summed E-state index contributed by atoms with van der Waals surface area (Å²) in [5.41, 5.74) is 7.37. The molecule has 0 aliphatic heterocycles. The molecular weight excluding hydrogens is 292 g/mol. The van der Waals surface area contributed by atoms with Crippen molar-refractivity contribution >= 4 is 11.8 Å². The Bertz CT molecular complexity index is 604. The highest BCUT2D eigenvalue weighted by Crippen LogP contribution is 2.28. The maximum Gasteiger partial charge on any atom is 0.246 e. The molecule has 0 spiro atoms. The van der Waals surface area contributed by atoms with Crippen molar-refractivity contribution in [3.63, 3.8) is 0 Å². The van der Waals surface area contributed by atoms with Crippen molar-refractivity contribution in [3.8, 4) is 0 Å². The molecule has 0 fully saturated rings. The lowest BCUT2D eigenvalue weighted by molar-refractivity contribution is -0.130. The average molecular weight is 312 g/mol. The minimum atomic E-state index is -0.859. The number of nitrogens with two attached hydrogens (primary N) is 1. The predicted molar refractivity (Wildman–Crippen MR) is 87.7 cm³/mol. The number of hydrogen-bond donors (Lipinski definition) is 2. The van der Waals surface area contributed by atoms with E-state index in [0.29, 0.717) is 0 Å². The zero-order chi connectivity index (χ0) is 16.7. The third-order valence-electron chi connectivity index (χ3n) is 3.55. The molecule has 0 unspecified atom stereocenters. The van der Waals surface area contributed by atoms with Crippen molar-refractivity contribution in [1.29, 1.82) is 0 Å². The Hall–Kier alpha value is -2.66. The Morgan fingerprint density at radius 3 is 1.87 bits per heavy atom. The van der Waals surface area contributed by atoms with E-state index in [9.17, 15) is 9.59 Å². The van der Waals surface area contributed by atoms with E-state index in [2.05, 4.69) is 5.32 Å². The van der Waals surface area contributed by atoms with Crippen LogP contribution in [-0.2, 0) is 14.3 Å². The van der Waals surface area contributed by atoms with Crippen molar-refractivity contribution in [3.05, 3.63) is 71.8 Å². The largest absolute Gasteiger partial charge is 0.375 e. The van der Waals surface area contributed by atoms with Gasteiger partial charge in [-0.15, -0.1) is 0 Å². The fraction of sp³-hybridized carbons (Fsp3) is 0.222. The highest BCUT2D eigenvalue weighted by atomic mass is 16.5. The smallest absolute Gasteiger partial charge is 0.246 e. The van der Waals surface area contributed by atoms with E-state index < -0.39 is 11.9 Å². The molecule has 120 valence electrons. The SMILES string of the molecule is COCC(=O)N[C@@H](C(N)=O)C(c1ccccc1)c1ccccc1. The lowest BCUT2D eigenvalue weighted by Crippen LogP contribution is -2.49. The first-order valence-electron chi connectivity index (χ1n) is 7.31. The van der Waals surface area contributed by atoms with Crippen LogP contribution in [0, 0.1) is 0 Å². The first-order valence-corrected chi connectivity index (χ1v) is 7.31. The van der Waals surface area contributed by atoms with Crippen LogP contribution in [0.3, 0.4) is 0 Å². The van der Waals surface area contributed by atoms with Gasteiger partial charge in [0.1, 0.15) is 12.6 Å². The van der Waals surface area contributed by atoms with E-state index in [4.69, 9.17) is 10.5 Å². The van der Waals surface area contributed by atoms with Gasteiger partial charge in [-0.25, -0.2) is 0 Å². The minimum absolute atomic E-state index is 0.125. The molecule has 3 N–H and O–H groups in total. The van der Waals surface area contributed by atoms with Crippen molar-refractivity contribution in [2.45, 2.75) is 12.0 Å². The molecule has 0 aliphatic carbocycles. The van der Waals surface area contributed by atoms with E-state index in [1.165, 1.54) is 7.11 Å². The number of nitrogens with one attached hydrogen (secondary N) is 1. The first kappa shape index (κ1) is 16.7. The molecule has 0 bridgehead atoms. The number of hydrogen-bond acceptors (Lipinski definition) is 3. The van der Waals surface area contributed by atoms with Gasteiger partial charge >= 0.3 is 0 Å². The van der Waals surface area contributed by atoms with E-state index in [0.717, 1.165) is 11.1 Å². The molecule has 2 amide bonds. The van der Waals surface area contributed by atoms with Crippen molar-refractivity contribution in [2.24, 2.45) is 5.73 Å². The van der Waals surface area contributed by atoms with Crippen LogP contribution < -0.4 is 11.1 Å². The maximum absolute atomic E-state index is 12.0. The molecule has 0 aliphatic rings. The summed E-state index contributed by atoms with van der Waals surface area (Å²) in [7, 11) is 1.42. The lowest BCUT2D eigenvalue weighted by Gasteiger charge is -2.26. The Morgan fingerprint density at radius 1 is 1.00 bits per heavy atom. The normalized spacial score (nSPS) is 11.9. The molecule has 0 saturated carbocycles. The average Bonchev–Trinajstić information content (AvgIpc) is 2.56. The summed E-state index contributed by atoms with van der Waals surface area (Å²) >= 11 is 0. The molecule has 5 nitrogen and oxygen atoms in total. The Balaban J connectivity index is 2.41. The van der Waals surface area contributed by atoms with Gasteiger partial charge < -0.3 is 15.8 Å². The number of primary amides is 1. The zero-order valence-electron chi connectivity index (χ0n) is 12.9. The van der Waals surface area contributed by atoms with Crippen LogP contribution in [0.4, 0.5) is 0 Å². The summed E-state index contributed by atoms with van der Waals surface area (Å²) in [5.74, 6) is -1.34. The summed E-state index contributed by atoms with van der Waals surface area (Å²) < 4.78 is 4.81. The van der Waals surface area contributed by atoms with Gasteiger partial charge in [-0.3, -0.25) is 9.59 Å². The highest BCUT2D eigenvalue weighted by Gasteiger charge is 2.30. The second kappa shape index (κ2) is 8.10. The van der Waals surface area contributed by atoms with Crippen LogP contribution in [-0.4, -0.2) is 31.6 Å². The first-order chi connectivity index (χ1) is 11.1. The number of amides is 2. The van der Waals surface area contributed by atoms with E-state index in [-0.39, 0.29) is 18.4 Å². The van der Waals surface area contributed by atoms with Crippen LogP contribution >= 0.6 is 0 Å². The fourth-order valence-corrected chi connectivity index (χ4v) is 2.56. The summed E-state index contributed by atoms with van der Waals surface area (Å²) in [6.07, 6.45) is 0. The number of methoxy groups -OCH3 is 1. The van der Waals surface area contributed by atoms with Crippen LogP contribution in [0.15, 0.2) is 60.7 Å². The standard InChI is InChI=1S/C18H20N2O3/c1-23-12-15(21)20-17(18(19)22)16(13-8-4-2-5-9-13)14-10-6-3-7-11-14/h2-11,16-17H,12H2,1H3,(H2,19,22)(H,20,21)/t17-/m1/s1. The van der Waals surface area contributed by atoms with Gasteiger partial charge in [0.15, 0.2) is 0 Å². The quantitative estimate of drug-likeness (QED) is 0.811. The van der Waals surface area contributed by atoms with Gasteiger partial charge in [0.05, 0.1) is 0 Å². The Morgan fingerprint density at radius 2 is 1.48 bits per heavy atom. The molecule has 2 aromatic carbocycles. The van der Waals surface area contributed by atoms with E-state index in [1.807, 2.05) is 60.7 Å². The van der Waals surface area contributed by atoms with E-state index >= 15 is 0 Å². The van der Waals surface area contributed by atoms with Crippen molar-refractivity contribution in [1.82, 2.24) is 5.32 Å². The molecule has 2 rings (SSSR count). The topological polar surface area (TPSA) is 81.4 Å². The van der Waals surface area contributed by atoms with Crippen molar-refractivity contribution < 1.29 is 14.3 Å². The highest BCUT2D eigenvalue weighted by molar-refractivity contribution is 5.88. The predicted octanol–water partition coefficient (Wildman–Crippen LogP) is 1.44. The number of carbonyl (C=O) groups is 2. The molecule has 2 aromatic rings. The molecule has 5 heteroatoms. The number of benzene rings is 2. The second-order valence-corrected chi connectivity index (χ2v) is 5.18. The van der Waals surface area contributed by atoms with Crippen LogP contribution in [0.5, 0.6) is 0 Å². The lowest BCUT2D eigenvalue weighted by atomic mass is 9.84. The summed E-state index contributed by atoms with van der Waals surface area (Å²) in [4.78, 5) is 23.9. The number of ether oxygens (including phenoxy) is 1. The minimum Gasteiger partial charge on any atom is -0.375 e. The van der Waals surface area contributed by atoms with Gasteiger partial charge in [0, 0.05) is 13.0 Å². The molecular formula is C18H20N2O3. The van der Waals surface area contributed by atoms with Crippen LogP contribution in [0.1, 0.15) is 17.0 Å². The molecule has 0 radical (unpaired) electrons. The molecule has 1 atom stereocenters. The van der Waals surface area contributed by atoms with Gasteiger partial charge in [0.25, 0.3) is 0 Å². The third-order valence-corrected chi connectivity index (χ3v) is 3.55. The number of carbonyl (C=O) groups excluding carboxylic acids is 2. The molecule has 0 saturated heterocycles. The van der Waals surface area contributed by atoms with Gasteiger partial charge in [-0.05, 0) is 11.1 Å². The summed E-state index contributed by atoms with van der Waals surface area (Å²) in [5, 5.41) is 2.68. The van der Waals surface area contributed by atoms with Gasteiger partial charge in [-0.1, -0.05) is 60.7 Å². The monoisotopic (exact) mass is 312 g/mol. The molecule has 23 heavy (non-hydrogen) atoms. The zero-order valence-corrected chi connectivity index (χ0v) is 12.9. The summed E-state index contributed by atoms with van der Waals surface area (Å²) in [6, 6.07) is 18.1. The second-order valence-electron chi connectivity index (χ2n) is 5.18. The Labute approximate surface area is 135 Å². The fourth-order valence-electron chi connectivity index (χ4n) is 2.56. The molecule has 0 heterocycles. The summed E-state index contributed by atoms with van der Waals surface area (Å²) in [6.45, 7) is -0.125. The van der Waals surface area contributed by atoms with Gasteiger partial charge in [0.2, 0.25) is 11.8 Å². The van der Waals surface area contributed by atoms with Crippen LogP contribution in [0.25, 0.3) is 0 Å². The Kier molecular flexibility index (Phi) is 5.88. The number of rotatable bonds is 7. The third kappa shape index (κ3) is 4.40.